The lowest BCUT2D eigenvalue weighted by molar-refractivity contribution is 0.0540. The van der Waals surface area contributed by atoms with Crippen molar-refractivity contribution in [1.82, 2.24) is 14.5 Å². The molecule has 1 N–H and O–H groups in total. The minimum Gasteiger partial charge on any atom is -0.489 e. The summed E-state index contributed by atoms with van der Waals surface area (Å²) in [5, 5.41) is 1.16. The number of nitrogens with zero attached hydrogens (tertiary/aromatic N) is 2. The van der Waals surface area contributed by atoms with Gasteiger partial charge < -0.3 is 9.64 Å². The predicted octanol–water partition coefficient (Wildman–Crippen LogP) is 4.85. The Bertz CT molecular complexity index is 1160. The molecule has 0 aromatic heterocycles. The topological polar surface area (TPSA) is 79.0 Å². The Balaban J connectivity index is 1.24. The first-order valence-electron chi connectivity index (χ1n) is 11.6. The zero-order valence-electron chi connectivity index (χ0n) is 19.3. The normalized spacial score (nSPS) is 18.5. The first-order valence-corrected chi connectivity index (χ1v) is 13.8. The lowest BCUT2D eigenvalue weighted by Gasteiger charge is -2.41. The number of amides is 2. The Morgan fingerprint density at radius 2 is 1.63 bits per heavy atom. The van der Waals surface area contributed by atoms with Gasteiger partial charge in [0.05, 0.1) is 9.92 Å². The molecule has 11 heteroatoms. The first-order chi connectivity index (χ1) is 16.6. The number of nitrogens with one attached hydrogen (secondary N) is 1. The molecule has 0 bridgehead atoms. The lowest BCUT2D eigenvalue weighted by Crippen LogP contribution is -2.52. The molecule has 2 aromatic rings. The molecule has 2 amide bonds. The van der Waals surface area contributed by atoms with Gasteiger partial charge in [0.15, 0.2) is 0 Å². The van der Waals surface area contributed by atoms with E-state index in [1.54, 1.807) is 12.1 Å². The molecule has 2 saturated heterocycles. The van der Waals surface area contributed by atoms with Crippen molar-refractivity contribution >= 4 is 39.3 Å². The summed E-state index contributed by atoms with van der Waals surface area (Å²) in [6.45, 7) is 4.55. The van der Waals surface area contributed by atoms with Crippen molar-refractivity contribution in [3.8, 4) is 5.75 Å². The molecule has 0 unspecified atom stereocenters. The maximum Gasteiger partial charge on any atom is 0.331 e. The van der Waals surface area contributed by atoms with Crippen molar-refractivity contribution < 1.29 is 22.3 Å². The van der Waals surface area contributed by atoms with Crippen LogP contribution in [0.1, 0.15) is 31.2 Å². The Morgan fingerprint density at radius 1 is 1.00 bits per heavy atom. The van der Waals surface area contributed by atoms with Crippen LogP contribution in [0, 0.1) is 12.7 Å². The van der Waals surface area contributed by atoms with E-state index in [2.05, 4.69) is 9.62 Å². The molecule has 35 heavy (non-hydrogen) atoms. The number of hydrogen-bond acceptors (Lipinski definition) is 5. The van der Waals surface area contributed by atoms with Crippen molar-refractivity contribution in [2.24, 2.45) is 0 Å². The van der Waals surface area contributed by atoms with Crippen molar-refractivity contribution in [2.75, 3.05) is 26.2 Å². The molecule has 0 aliphatic carbocycles. The fourth-order valence-corrected chi connectivity index (χ4v) is 5.94. The number of ether oxygens (including phenoxy) is 1. The number of sulfonamides is 1. The SMILES string of the molecule is Cc1c(Cl)ccc(OC2CCN(C3CCN(C(=O)NS(=O)(=O)c4ccc(F)cc4)CC3)CC2)c1Cl. The number of urea groups is 1. The maximum absolute atomic E-state index is 13.1. The zero-order chi connectivity index (χ0) is 25.2. The summed E-state index contributed by atoms with van der Waals surface area (Å²) in [5.41, 5.74) is 0.810. The zero-order valence-corrected chi connectivity index (χ0v) is 21.7. The van der Waals surface area contributed by atoms with Crippen LogP contribution in [-0.2, 0) is 10.0 Å². The summed E-state index contributed by atoms with van der Waals surface area (Å²) in [4.78, 5) is 16.3. The molecular weight excluding hydrogens is 516 g/mol. The monoisotopic (exact) mass is 543 g/mol. The third kappa shape index (κ3) is 6.20. The average molecular weight is 544 g/mol. The van der Waals surface area contributed by atoms with Crippen molar-refractivity contribution in [3.63, 3.8) is 0 Å². The van der Waals surface area contributed by atoms with E-state index in [4.69, 9.17) is 27.9 Å². The standard InChI is InChI=1S/C24H28Cl2FN3O4S/c1-16-21(25)6-7-22(23(16)26)34-19-10-14-29(15-11-19)18-8-12-30(13-9-18)24(31)28-35(32,33)20-4-2-17(27)3-5-20/h2-7,18-19H,8-15H2,1H3,(H,28,31). The van der Waals surface area contributed by atoms with Crippen LogP contribution >= 0.6 is 23.2 Å². The summed E-state index contributed by atoms with van der Waals surface area (Å²) >= 11 is 12.5. The molecule has 7 nitrogen and oxygen atoms in total. The average Bonchev–Trinajstić information content (AvgIpc) is 2.85. The van der Waals surface area contributed by atoms with Crippen molar-refractivity contribution in [3.05, 3.63) is 57.8 Å². The van der Waals surface area contributed by atoms with Crippen LogP contribution in [0.5, 0.6) is 5.75 Å². The second-order valence-corrected chi connectivity index (χ2v) is 11.4. The maximum atomic E-state index is 13.1. The molecule has 2 aliphatic heterocycles. The highest BCUT2D eigenvalue weighted by Crippen LogP contribution is 2.34. The Hall–Kier alpha value is -2.07. The van der Waals surface area contributed by atoms with Gasteiger partial charge in [-0.25, -0.2) is 22.3 Å². The van der Waals surface area contributed by atoms with Crippen LogP contribution in [0.15, 0.2) is 41.3 Å². The van der Waals surface area contributed by atoms with Gasteiger partial charge >= 0.3 is 6.03 Å². The van der Waals surface area contributed by atoms with E-state index in [0.717, 1.165) is 68.6 Å². The number of carbonyl (C=O) groups excluding carboxylic acids is 1. The quantitative estimate of drug-likeness (QED) is 0.583. The molecule has 2 fully saturated rings. The number of piperidine rings is 2. The van der Waals surface area contributed by atoms with E-state index in [-0.39, 0.29) is 11.0 Å². The molecule has 0 spiro atoms. The van der Waals surface area contributed by atoms with Gasteiger partial charge in [0, 0.05) is 37.2 Å². The van der Waals surface area contributed by atoms with Crippen LogP contribution in [0.2, 0.25) is 10.0 Å². The Labute approximate surface area is 215 Å². The van der Waals surface area contributed by atoms with Gasteiger partial charge in [-0.2, -0.15) is 0 Å². The van der Waals surface area contributed by atoms with Gasteiger partial charge in [-0.3, -0.25) is 4.90 Å². The summed E-state index contributed by atoms with van der Waals surface area (Å²) in [7, 11) is -4.05. The van der Waals surface area contributed by atoms with Crippen LogP contribution in [0.4, 0.5) is 9.18 Å². The fourth-order valence-electron chi connectivity index (χ4n) is 4.55. The molecule has 0 atom stereocenters. The van der Waals surface area contributed by atoms with Gasteiger partial charge in [0.1, 0.15) is 17.7 Å². The van der Waals surface area contributed by atoms with Crippen LogP contribution in [-0.4, -0.2) is 62.6 Å². The Morgan fingerprint density at radius 3 is 2.26 bits per heavy atom. The van der Waals surface area contributed by atoms with Crippen LogP contribution in [0.25, 0.3) is 0 Å². The molecule has 0 radical (unpaired) electrons. The summed E-state index contributed by atoms with van der Waals surface area (Å²) in [5.74, 6) is 0.110. The number of halogens is 3. The first kappa shape index (κ1) is 26.0. The number of benzene rings is 2. The molecule has 2 heterocycles. The molecule has 0 saturated carbocycles. The van der Waals surface area contributed by atoms with Crippen LogP contribution < -0.4 is 9.46 Å². The lowest BCUT2D eigenvalue weighted by atomic mass is 9.99. The number of rotatable bonds is 5. The third-order valence-electron chi connectivity index (χ3n) is 6.67. The van der Waals surface area contributed by atoms with E-state index in [0.29, 0.717) is 34.9 Å². The molecule has 2 aliphatic rings. The van der Waals surface area contributed by atoms with E-state index >= 15 is 0 Å². The highest BCUT2D eigenvalue weighted by molar-refractivity contribution is 7.90. The highest BCUT2D eigenvalue weighted by atomic mass is 35.5. The van der Waals surface area contributed by atoms with Gasteiger partial charge in [-0.1, -0.05) is 23.2 Å². The molecule has 190 valence electrons. The van der Waals surface area contributed by atoms with Gasteiger partial charge in [0.25, 0.3) is 10.0 Å². The van der Waals surface area contributed by atoms with E-state index in [9.17, 15) is 17.6 Å². The van der Waals surface area contributed by atoms with Gasteiger partial charge in [0.2, 0.25) is 0 Å². The fraction of sp³-hybridized carbons (Fsp3) is 0.458. The minimum absolute atomic E-state index is 0.0758. The summed E-state index contributed by atoms with van der Waals surface area (Å²) in [6, 6.07) is 7.63. The highest BCUT2D eigenvalue weighted by Gasteiger charge is 2.31. The number of carbonyl (C=O) groups is 1. The van der Waals surface area contributed by atoms with Crippen molar-refractivity contribution in [2.45, 2.75) is 49.6 Å². The van der Waals surface area contributed by atoms with E-state index < -0.39 is 21.9 Å². The smallest absolute Gasteiger partial charge is 0.331 e. The number of likely N-dealkylation sites (tertiary alicyclic amines) is 2. The predicted molar refractivity (Wildman–Crippen MR) is 133 cm³/mol. The number of hydrogen-bond donors (Lipinski definition) is 1. The van der Waals surface area contributed by atoms with Gasteiger partial charge in [-0.05, 0) is 74.6 Å². The Kier molecular flexibility index (Phi) is 8.10. The minimum atomic E-state index is -4.05. The van der Waals surface area contributed by atoms with E-state index in [1.807, 2.05) is 6.92 Å². The summed E-state index contributed by atoms with van der Waals surface area (Å²) in [6.07, 6.45) is 3.34. The van der Waals surface area contributed by atoms with Crippen LogP contribution in [0.3, 0.4) is 0 Å². The third-order valence-corrected chi connectivity index (χ3v) is 8.88. The molecule has 2 aromatic carbocycles. The second-order valence-electron chi connectivity index (χ2n) is 8.92. The largest absolute Gasteiger partial charge is 0.489 e. The summed E-state index contributed by atoms with van der Waals surface area (Å²) < 4.78 is 46.1. The second kappa shape index (κ2) is 10.9. The molecular formula is C24H28Cl2FN3O4S. The van der Waals surface area contributed by atoms with E-state index in [1.165, 1.54) is 4.90 Å². The van der Waals surface area contributed by atoms with Crippen molar-refractivity contribution in [1.29, 1.82) is 0 Å². The van der Waals surface area contributed by atoms with Gasteiger partial charge in [-0.15, -0.1) is 0 Å². The molecule has 4 rings (SSSR count).